The van der Waals surface area contributed by atoms with Crippen molar-refractivity contribution in [2.45, 2.75) is 39.7 Å². The summed E-state index contributed by atoms with van der Waals surface area (Å²) < 4.78 is 5.39. The monoisotopic (exact) mass is 333 g/mol. The molecule has 7 nitrogen and oxygen atoms in total. The average Bonchev–Trinajstić information content (AvgIpc) is 2.98. The van der Waals surface area contributed by atoms with E-state index >= 15 is 0 Å². The van der Waals surface area contributed by atoms with Crippen molar-refractivity contribution in [3.05, 3.63) is 17.1 Å². The maximum Gasteiger partial charge on any atom is 0.286 e. The molecule has 132 valence electrons. The number of carbonyl (C=O) groups excluding carboxylic acids is 1. The van der Waals surface area contributed by atoms with Gasteiger partial charge in [-0.2, -0.15) is 0 Å². The molecule has 3 heterocycles. The maximum absolute atomic E-state index is 11.4. The number of hydrogen-bond donors (Lipinski definition) is 2. The summed E-state index contributed by atoms with van der Waals surface area (Å²) in [5.74, 6) is 0.349. The topological polar surface area (TPSA) is 93.4 Å². The van der Waals surface area contributed by atoms with Gasteiger partial charge in [-0.1, -0.05) is 6.92 Å². The van der Waals surface area contributed by atoms with Gasteiger partial charge in [0, 0.05) is 42.3 Å². The fraction of sp³-hybridized carbons (Fsp3) is 0.706. The Hall–Kier alpha value is -1.73. The van der Waals surface area contributed by atoms with Gasteiger partial charge in [0.2, 0.25) is 5.82 Å². The highest BCUT2D eigenvalue weighted by molar-refractivity contribution is 5.89. The molecule has 3 rings (SSSR count). The van der Waals surface area contributed by atoms with Crippen LogP contribution < -0.4 is 16.0 Å². The van der Waals surface area contributed by atoms with Gasteiger partial charge in [-0.15, -0.1) is 0 Å². The van der Waals surface area contributed by atoms with Crippen LogP contribution in [0.15, 0.2) is 0 Å². The van der Waals surface area contributed by atoms with Gasteiger partial charge < -0.3 is 20.7 Å². The lowest BCUT2D eigenvalue weighted by atomic mass is 9.83. The first-order valence-corrected chi connectivity index (χ1v) is 8.65. The zero-order valence-electron chi connectivity index (χ0n) is 14.8. The summed E-state index contributed by atoms with van der Waals surface area (Å²) in [7, 11) is 0. The van der Waals surface area contributed by atoms with Crippen molar-refractivity contribution in [1.82, 2.24) is 15.3 Å². The van der Waals surface area contributed by atoms with Crippen molar-refractivity contribution in [2.24, 2.45) is 11.1 Å². The van der Waals surface area contributed by atoms with Crippen LogP contribution in [0.2, 0.25) is 0 Å². The van der Waals surface area contributed by atoms with Crippen LogP contribution in [0.5, 0.6) is 0 Å². The summed E-state index contributed by atoms with van der Waals surface area (Å²) in [6, 6.07) is 0.431. The normalized spacial score (nSPS) is 22.5. The number of aryl methyl sites for hydroxylation is 1. The number of anilines is 1. The highest BCUT2D eigenvalue weighted by Crippen LogP contribution is 2.31. The second-order valence-electron chi connectivity index (χ2n) is 7.10. The minimum atomic E-state index is -0.580. The van der Waals surface area contributed by atoms with E-state index in [0.717, 1.165) is 62.8 Å². The summed E-state index contributed by atoms with van der Waals surface area (Å²) in [6.45, 7) is 10.6. The Balaban J connectivity index is 1.66. The Labute approximate surface area is 143 Å². The van der Waals surface area contributed by atoms with Crippen molar-refractivity contribution in [3.8, 4) is 0 Å². The van der Waals surface area contributed by atoms with Crippen LogP contribution in [-0.4, -0.2) is 54.8 Å². The van der Waals surface area contributed by atoms with Crippen LogP contribution >= 0.6 is 0 Å². The van der Waals surface area contributed by atoms with Crippen LogP contribution in [0, 0.1) is 19.3 Å². The first kappa shape index (κ1) is 17.1. The molecule has 3 N–H and O–H groups in total. The predicted molar refractivity (Wildman–Crippen MR) is 92.2 cm³/mol. The second-order valence-corrected chi connectivity index (χ2v) is 7.10. The fourth-order valence-electron chi connectivity index (χ4n) is 3.33. The van der Waals surface area contributed by atoms with E-state index in [-0.39, 0.29) is 5.82 Å². The molecule has 0 saturated carbocycles. The van der Waals surface area contributed by atoms with Crippen molar-refractivity contribution in [2.75, 3.05) is 37.7 Å². The molecule has 24 heavy (non-hydrogen) atoms. The molecule has 1 atom stereocenters. The van der Waals surface area contributed by atoms with Gasteiger partial charge >= 0.3 is 0 Å². The number of amides is 1. The van der Waals surface area contributed by atoms with Crippen LogP contribution in [-0.2, 0) is 4.74 Å². The van der Waals surface area contributed by atoms with Gasteiger partial charge in [-0.3, -0.25) is 4.79 Å². The van der Waals surface area contributed by atoms with E-state index in [4.69, 9.17) is 10.5 Å². The van der Waals surface area contributed by atoms with Crippen LogP contribution in [0.4, 0.5) is 5.82 Å². The number of hydrogen-bond acceptors (Lipinski definition) is 6. The van der Waals surface area contributed by atoms with E-state index in [1.807, 2.05) is 13.8 Å². The lowest BCUT2D eigenvalue weighted by Crippen LogP contribution is -2.51. The average molecular weight is 333 g/mol. The van der Waals surface area contributed by atoms with E-state index in [1.54, 1.807) is 0 Å². The summed E-state index contributed by atoms with van der Waals surface area (Å²) in [5.41, 5.74) is 7.49. The summed E-state index contributed by atoms with van der Waals surface area (Å²) in [5, 5.41) is 3.69. The highest BCUT2D eigenvalue weighted by atomic mass is 16.5. The Morgan fingerprint density at radius 3 is 2.75 bits per heavy atom. The van der Waals surface area contributed by atoms with E-state index in [0.29, 0.717) is 11.5 Å². The van der Waals surface area contributed by atoms with Crippen LogP contribution in [0.3, 0.4) is 0 Å². The lowest BCUT2D eigenvalue weighted by molar-refractivity contribution is -0.113. The summed E-state index contributed by atoms with van der Waals surface area (Å²) in [6.07, 6.45) is 2.21. The zero-order chi connectivity index (χ0) is 17.3. The summed E-state index contributed by atoms with van der Waals surface area (Å²) >= 11 is 0. The van der Waals surface area contributed by atoms with Crippen molar-refractivity contribution in [3.63, 3.8) is 0 Å². The van der Waals surface area contributed by atoms with Crippen molar-refractivity contribution in [1.29, 1.82) is 0 Å². The van der Waals surface area contributed by atoms with Gasteiger partial charge in [0.1, 0.15) is 5.82 Å². The minimum Gasteiger partial charge on any atom is -0.380 e. The third kappa shape index (κ3) is 3.23. The molecule has 1 aromatic rings. The number of carbonyl (C=O) groups is 1. The van der Waals surface area contributed by atoms with Gasteiger partial charge in [0.05, 0.1) is 13.2 Å². The number of aromatic nitrogens is 2. The van der Waals surface area contributed by atoms with Gasteiger partial charge in [-0.25, -0.2) is 9.97 Å². The minimum absolute atomic E-state index is 0.0982. The number of ether oxygens (including phenoxy) is 1. The Morgan fingerprint density at radius 2 is 2.17 bits per heavy atom. The number of primary amides is 1. The second kappa shape index (κ2) is 6.64. The molecule has 0 aromatic carbocycles. The standard InChI is InChI=1S/C17H27N5O2/c1-4-17(9-24-10-17)8-19-13-5-6-22(7-13)16-11(2)12(3)20-15(21-16)14(18)23/h13,19H,4-10H2,1-3H3,(H2,18,23)/t13-/m1/s1. The Kier molecular flexibility index (Phi) is 4.73. The number of rotatable bonds is 6. The molecule has 0 radical (unpaired) electrons. The highest BCUT2D eigenvalue weighted by Gasteiger charge is 2.37. The molecule has 0 bridgehead atoms. The van der Waals surface area contributed by atoms with Gasteiger partial charge in [0.25, 0.3) is 5.91 Å². The predicted octanol–water partition coefficient (Wildman–Crippen LogP) is 0.787. The van der Waals surface area contributed by atoms with Crippen molar-refractivity contribution >= 4 is 11.7 Å². The number of nitrogens with one attached hydrogen (secondary N) is 1. The lowest BCUT2D eigenvalue weighted by Gasteiger charge is -2.41. The smallest absolute Gasteiger partial charge is 0.286 e. The SMILES string of the molecule is CCC1(CN[C@@H]2CCN(c3nc(C(N)=O)nc(C)c3C)C2)COC1. The molecule has 0 aliphatic carbocycles. The molecule has 7 heteroatoms. The van der Waals surface area contributed by atoms with E-state index in [1.165, 1.54) is 0 Å². The van der Waals surface area contributed by atoms with Gasteiger partial charge in [0.15, 0.2) is 0 Å². The molecule has 2 aliphatic rings. The quantitative estimate of drug-likeness (QED) is 0.799. The largest absolute Gasteiger partial charge is 0.380 e. The molecule has 1 aromatic heterocycles. The van der Waals surface area contributed by atoms with Crippen LogP contribution in [0.1, 0.15) is 41.6 Å². The van der Waals surface area contributed by atoms with Gasteiger partial charge in [-0.05, 0) is 26.7 Å². The summed E-state index contributed by atoms with van der Waals surface area (Å²) in [4.78, 5) is 22.2. The molecule has 2 aliphatic heterocycles. The van der Waals surface area contributed by atoms with Crippen LogP contribution in [0.25, 0.3) is 0 Å². The van der Waals surface area contributed by atoms with Crippen molar-refractivity contribution < 1.29 is 9.53 Å². The fourth-order valence-corrected chi connectivity index (χ4v) is 3.33. The molecule has 0 unspecified atom stereocenters. The molecule has 0 spiro atoms. The zero-order valence-corrected chi connectivity index (χ0v) is 14.8. The molecule has 2 saturated heterocycles. The molecule has 1 amide bonds. The maximum atomic E-state index is 11.4. The Morgan fingerprint density at radius 1 is 1.42 bits per heavy atom. The molecular weight excluding hydrogens is 306 g/mol. The number of nitrogens with zero attached hydrogens (tertiary/aromatic N) is 3. The van der Waals surface area contributed by atoms with E-state index in [9.17, 15) is 4.79 Å². The molecule has 2 fully saturated rings. The third-order valence-electron chi connectivity index (χ3n) is 5.40. The molecular formula is C17H27N5O2. The first-order valence-electron chi connectivity index (χ1n) is 8.65. The first-order chi connectivity index (χ1) is 11.4. The Bertz CT molecular complexity index is 624. The van der Waals surface area contributed by atoms with E-state index < -0.39 is 5.91 Å². The third-order valence-corrected chi connectivity index (χ3v) is 5.40. The van der Waals surface area contributed by atoms with E-state index in [2.05, 4.69) is 27.1 Å². The number of nitrogens with two attached hydrogens (primary N) is 1.